The van der Waals surface area contributed by atoms with Gasteiger partial charge in [0, 0.05) is 89.0 Å². The van der Waals surface area contributed by atoms with Gasteiger partial charge in [0.1, 0.15) is 23.0 Å². The first kappa shape index (κ1) is 39.9. The zero-order chi connectivity index (χ0) is 86.6. The highest BCUT2D eigenvalue weighted by molar-refractivity contribution is 7.05. The third-order valence-corrected chi connectivity index (χ3v) is 22.1. The number of fused-ring (bicyclic) bond motifs is 20. The molecule has 1 unspecified atom stereocenters. The van der Waals surface area contributed by atoms with Crippen LogP contribution in [0.3, 0.4) is 0 Å². The summed E-state index contributed by atoms with van der Waals surface area (Å²) in [5.41, 5.74) is 9.99. The minimum Gasteiger partial charge on any atom is -0.459 e. The van der Waals surface area contributed by atoms with E-state index in [2.05, 4.69) is 35.8 Å². The second-order valence-corrected chi connectivity index (χ2v) is 27.1. The van der Waals surface area contributed by atoms with Crippen LogP contribution in [0.25, 0.3) is 99.5 Å². The van der Waals surface area contributed by atoms with Gasteiger partial charge in [-0.2, -0.15) is 0 Å². The van der Waals surface area contributed by atoms with Gasteiger partial charge in [-0.3, -0.25) is 0 Å². The van der Waals surface area contributed by atoms with Crippen LogP contribution in [-0.2, 0) is 0 Å². The summed E-state index contributed by atoms with van der Waals surface area (Å²) >= 11 is 0. The molecule has 8 heterocycles. The van der Waals surface area contributed by atoms with Crippen LogP contribution in [0, 0.1) is 0 Å². The molecule has 0 saturated carbocycles. The molecule has 103 heavy (non-hydrogen) atoms. The van der Waals surface area contributed by atoms with E-state index in [1.807, 2.05) is 170 Å². The van der Waals surface area contributed by atoms with Crippen molar-refractivity contribution in [1.29, 1.82) is 0 Å². The minimum absolute atomic E-state index is 0.00280. The Morgan fingerprint density at radius 1 is 0.340 bits per heavy atom. The van der Waals surface area contributed by atoms with E-state index in [-0.39, 0.29) is 127 Å². The molecule has 23 rings (SSSR count). The summed E-state index contributed by atoms with van der Waals surface area (Å²) in [6.07, 6.45) is 0.575. The molecule has 17 aromatic rings. The number of anilines is 6. The van der Waals surface area contributed by atoms with Crippen LogP contribution >= 0.6 is 0 Å². The fourth-order valence-electron chi connectivity index (χ4n) is 17.7. The maximum Gasteiger partial charge on any atom is 0.261 e. The molecule has 478 valence electrons. The summed E-state index contributed by atoms with van der Waals surface area (Å²) in [5.74, 6) is -1.25. The average Bonchev–Trinajstić information content (AvgIpc) is 1.63. The van der Waals surface area contributed by atoms with Gasteiger partial charge in [0.05, 0.1) is 52.6 Å². The Morgan fingerprint density at radius 3 is 1.10 bits per heavy atom. The van der Waals surface area contributed by atoms with E-state index in [0.29, 0.717) is 56.9 Å². The molecule has 1 atom stereocenters. The molecule has 0 amide bonds. The zero-order valence-electron chi connectivity index (χ0n) is 76.9. The van der Waals surface area contributed by atoms with Gasteiger partial charge in [-0.15, -0.1) is 0 Å². The van der Waals surface area contributed by atoms with E-state index < -0.39 is 165 Å². The van der Waals surface area contributed by atoms with Gasteiger partial charge in [-0.25, -0.2) is 0 Å². The van der Waals surface area contributed by atoms with E-state index in [1.54, 1.807) is 9.13 Å². The maximum absolute atomic E-state index is 10.4. The molecular weight excluding hydrogens is 1250 g/mol. The lowest BCUT2D eigenvalue weighted by Crippen LogP contribution is -2.67. The van der Waals surface area contributed by atoms with Crippen molar-refractivity contribution in [2.24, 2.45) is 0 Å². The zero-order valence-corrected chi connectivity index (χ0v) is 54.9. The second kappa shape index (κ2) is 21.4. The highest BCUT2D eigenvalue weighted by Crippen LogP contribution is 2.56. The van der Waals surface area contributed by atoms with Crippen LogP contribution in [-0.4, -0.2) is 29.3 Å². The fraction of sp³-hybridized carbons (Fsp3) is 0.0426. The minimum atomic E-state index is -1.57. The van der Waals surface area contributed by atoms with Gasteiger partial charge < -0.3 is 28.4 Å². The smallest absolute Gasteiger partial charge is 0.261 e. The Bertz CT molecular complexity index is 7370. The quantitative estimate of drug-likeness (QED) is 0.142. The number of benzene rings is 15. The second-order valence-electron chi connectivity index (χ2n) is 27.1. The number of hydrogen-bond acceptors (Lipinski definition) is 4. The van der Waals surface area contributed by atoms with E-state index in [0.717, 1.165) is 27.8 Å². The third-order valence-electron chi connectivity index (χ3n) is 22.1. The summed E-state index contributed by atoms with van der Waals surface area (Å²) in [6, 6.07) is 45.8. The monoisotopic (exact) mass is 1330 g/mol. The Labute approximate surface area is 628 Å². The van der Waals surface area contributed by atoms with Gasteiger partial charge in [0.15, 0.2) is 0 Å². The van der Waals surface area contributed by atoms with E-state index in [1.165, 1.54) is 0 Å². The van der Waals surface area contributed by atoms with Gasteiger partial charge >= 0.3 is 0 Å². The van der Waals surface area contributed by atoms with Crippen LogP contribution in [0.5, 0.6) is 23.0 Å². The van der Waals surface area contributed by atoms with Crippen LogP contribution < -0.4 is 68.4 Å². The molecule has 0 bridgehead atoms. The highest BCUT2D eigenvalue weighted by atomic mass is 16.5. The largest absolute Gasteiger partial charge is 0.459 e. The lowest BCUT2D eigenvalue weighted by atomic mass is 9.28. The Morgan fingerprint density at radius 2 is 0.689 bits per heavy atom. The predicted octanol–water partition coefficient (Wildman–Crippen LogP) is 18.0. The third kappa shape index (κ3) is 7.70. The summed E-state index contributed by atoms with van der Waals surface area (Å²) in [5, 5.41) is -0.553. The predicted molar refractivity (Wildman–Crippen MR) is 432 cm³/mol. The van der Waals surface area contributed by atoms with E-state index >= 15 is 0 Å². The Balaban J connectivity index is 1.01. The molecule has 0 fully saturated rings. The molecule has 0 saturated heterocycles. The SMILES string of the molecule is [2H]c1c([2H])c([2H])c2c(c1[2H])Oc1c3c(cc4c1B2c1c([2H])c([2H])c([2H])c2c5c([2H])c([2H])c([2H])c([2H])c5n-4c12)N(c1c(-c2ccccc2)cccc1-c1ccccc1)c1cc(C(C)CC)cc2c1B3c1c(cc3c4c1Oc1c([2H])c([2H])c([2H])c([2H])c1B4c1c([2H])c([2H])c([2H])c4c5c([2H])c([2H])c([2H])c([2H])c5n-3c14)N2c1c(-c2ccccc2)cccc1-c1ccccc1. The van der Waals surface area contributed by atoms with Crippen molar-refractivity contribution in [3.05, 3.63) is 320 Å². The standard InChI is InChI=1S/C94H61B3N4O2/c1-3-56(2)61-52-76-84-77(53-61)101(90-64(59-32-12-6-13-33-59)40-25-41-65(90)60-34-14-7-15-35-60)81-55-79-86-94(103-83-51-23-19-45-71(83)96(86)73-47-27-43-69-67-37-17-21-49-75(67)99(79)92(69)73)88(81)97(84)87-80(100(76)89-62(57-28-8-4-9-29-57)38-24-39-63(89)58-30-10-5-11-31-58)54-78-85-93(87)102-82-50-22-18-44-70(82)95(85)72-46-26-42-68-66-36-16-20-48-74(66)98(78)91(68)72/h4-56H,3H2,1-2H3/i16D,17D,18D,19D,20D,21D,22D,23D,26D,27D,36D,37D,42D,43D,44D,45D,46D,47D,48D,49D,50D,51D. The number of nitrogens with zero attached hydrogens (tertiary/aromatic N) is 4. The fourth-order valence-corrected chi connectivity index (χ4v) is 17.7. The summed E-state index contributed by atoms with van der Waals surface area (Å²) in [7, 11) is 0. The number of para-hydroxylation sites is 8. The van der Waals surface area contributed by atoms with Crippen molar-refractivity contribution in [2.45, 2.75) is 26.2 Å². The number of ether oxygens (including phenoxy) is 2. The number of rotatable bonds is 8. The summed E-state index contributed by atoms with van der Waals surface area (Å²) in [6.45, 7) is -0.341. The molecule has 6 nitrogen and oxygen atoms in total. The first-order valence-corrected chi connectivity index (χ1v) is 34.5. The van der Waals surface area contributed by atoms with Crippen LogP contribution in [0.2, 0.25) is 0 Å². The number of hydrogen-bond donors (Lipinski definition) is 0. The molecule has 0 radical (unpaired) electrons. The van der Waals surface area contributed by atoms with Crippen molar-refractivity contribution in [2.75, 3.05) is 9.80 Å². The Hall–Kier alpha value is -12.7. The van der Waals surface area contributed by atoms with Crippen molar-refractivity contribution in [3.8, 4) is 78.9 Å². The Kier molecular flexibility index (Phi) is 8.30. The summed E-state index contributed by atoms with van der Waals surface area (Å²) < 4.78 is 237. The summed E-state index contributed by atoms with van der Waals surface area (Å²) in [4.78, 5) is 4.32. The molecule has 0 N–H and O–H groups in total. The topological polar surface area (TPSA) is 34.8 Å². The number of aromatic nitrogens is 2. The first-order chi connectivity index (χ1) is 60.2. The van der Waals surface area contributed by atoms with Gasteiger partial charge in [-0.05, 0) is 138 Å². The van der Waals surface area contributed by atoms with Crippen LogP contribution in [0.15, 0.2) is 315 Å². The molecule has 0 spiro atoms. The van der Waals surface area contributed by atoms with Crippen molar-refractivity contribution in [3.63, 3.8) is 0 Å². The molecule has 9 heteroatoms. The van der Waals surface area contributed by atoms with E-state index in [4.69, 9.17) is 9.47 Å². The van der Waals surface area contributed by atoms with Crippen LogP contribution in [0.1, 0.15) is 61.9 Å². The normalized spacial score (nSPS) is 16.8. The van der Waals surface area contributed by atoms with Crippen molar-refractivity contribution < 1.29 is 39.6 Å². The van der Waals surface area contributed by atoms with Crippen LogP contribution in [0.4, 0.5) is 34.1 Å². The van der Waals surface area contributed by atoms with E-state index in [9.17, 15) is 30.2 Å². The highest BCUT2D eigenvalue weighted by Gasteiger charge is 2.54. The van der Waals surface area contributed by atoms with Gasteiger partial charge in [-0.1, -0.05) is 280 Å². The maximum atomic E-state index is 10.4. The first-order valence-electron chi connectivity index (χ1n) is 45.5. The molecule has 15 aromatic carbocycles. The van der Waals surface area contributed by atoms with Crippen molar-refractivity contribution in [1.82, 2.24) is 9.13 Å². The van der Waals surface area contributed by atoms with Crippen molar-refractivity contribution >= 4 is 147 Å². The van der Waals surface area contributed by atoms with Gasteiger partial charge in [0.25, 0.3) is 20.1 Å². The molecule has 2 aromatic heterocycles. The molecule has 6 aliphatic rings. The molecular formula is C94H61B3N4O2. The average molecular weight is 1330 g/mol. The lowest BCUT2D eigenvalue weighted by molar-refractivity contribution is 0.490. The molecule has 0 aliphatic carbocycles. The lowest BCUT2D eigenvalue weighted by Gasteiger charge is -2.48. The molecule has 6 aliphatic heterocycles. The van der Waals surface area contributed by atoms with Gasteiger partial charge in [0.2, 0.25) is 0 Å².